The summed E-state index contributed by atoms with van der Waals surface area (Å²) in [7, 11) is 0. The lowest BCUT2D eigenvalue weighted by Gasteiger charge is -2.29. The average molecular weight is 463 g/mol. The second kappa shape index (κ2) is 8.74. The highest BCUT2D eigenvalue weighted by atomic mass is 32.2. The van der Waals surface area contributed by atoms with Gasteiger partial charge >= 0.3 is 5.51 Å². The summed E-state index contributed by atoms with van der Waals surface area (Å²) in [5.41, 5.74) is 4.81. The molecule has 1 amide bonds. The summed E-state index contributed by atoms with van der Waals surface area (Å²) in [4.78, 5) is 18.6. The molecule has 2 aromatic carbocycles. The number of rotatable bonds is 5. The third-order valence-corrected chi connectivity index (χ3v) is 6.10. The van der Waals surface area contributed by atoms with Crippen LogP contribution in [-0.4, -0.2) is 17.8 Å². The lowest BCUT2D eigenvalue weighted by molar-refractivity contribution is -0.115. The standard InChI is InChI=1S/C21H17F3N4OS2/c22-21(23,24)31-16-3-1-2-13(10-16)11-18(29)27-14-4-6-15(7-5-14)28-12-26-20-17(19(28)25)8-9-30-20/h1-10,12,19H,11,25H2,(H,27,29). The molecule has 0 bridgehead atoms. The molecule has 1 unspecified atom stereocenters. The van der Waals surface area contributed by atoms with Crippen molar-refractivity contribution in [2.24, 2.45) is 10.7 Å². The van der Waals surface area contributed by atoms with Gasteiger partial charge in [0, 0.05) is 21.8 Å². The zero-order valence-corrected chi connectivity index (χ0v) is 17.6. The van der Waals surface area contributed by atoms with Gasteiger partial charge < -0.3 is 16.0 Å². The number of alkyl halides is 3. The van der Waals surface area contributed by atoms with Crippen molar-refractivity contribution in [1.29, 1.82) is 0 Å². The fraction of sp³-hybridized carbons (Fsp3) is 0.143. The first-order chi connectivity index (χ1) is 14.8. The molecule has 0 saturated carbocycles. The summed E-state index contributed by atoms with van der Waals surface area (Å²) < 4.78 is 37.6. The number of thioether (sulfide) groups is 1. The molecule has 0 radical (unpaired) electrons. The molecule has 31 heavy (non-hydrogen) atoms. The fourth-order valence-electron chi connectivity index (χ4n) is 3.16. The molecule has 1 atom stereocenters. The monoisotopic (exact) mass is 462 g/mol. The third-order valence-electron chi connectivity index (χ3n) is 4.54. The van der Waals surface area contributed by atoms with E-state index in [-0.39, 0.29) is 35.2 Å². The predicted molar refractivity (Wildman–Crippen MR) is 119 cm³/mol. The van der Waals surface area contributed by atoms with E-state index >= 15 is 0 Å². The maximum atomic E-state index is 12.5. The number of nitrogens with one attached hydrogen (secondary N) is 1. The van der Waals surface area contributed by atoms with E-state index in [2.05, 4.69) is 10.3 Å². The van der Waals surface area contributed by atoms with Gasteiger partial charge in [0.25, 0.3) is 0 Å². The number of hydrogen-bond acceptors (Lipinski definition) is 6. The van der Waals surface area contributed by atoms with E-state index in [1.54, 1.807) is 24.5 Å². The summed E-state index contributed by atoms with van der Waals surface area (Å²) in [6, 6.07) is 14.9. The molecule has 1 aromatic heterocycles. The lowest BCUT2D eigenvalue weighted by atomic mass is 10.1. The van der Waals surface area contributed by atoms with E-state index < -0.39 is 5.51 Å². The van der Waals surface area contributed by atoms with Crippen LogP contribution in [0.5, 0.6) is 0 Å². The number of amides is 1. The number of carbonyl (C=O) groups is 1. The second-order valence-corrected chi connectivity index (χ2v) is 8.78. The number of carbonyl (C=O) groups excluding carboxylic acids is 1. The van der Waals surface area contributed by atoms with Crippen molar-refractivity contribution in [3.8, 4) is 0 Å². The minimum Gasteiger partial charge on any atom is -0.326 e. The first kappa shape index (κ1) is 21.4. The SMILES string of the molecule is NC1c2ccsc2N=CN1c1ccc(NC(=O)Cc2cccc(SC(F)(F)F)c2)cc1. The number of anilines is 2. The van der Waals surface area contributed by atoms with Gasteiger partial charge in [-0.15, -0.1) is 11.3 Å². The van der Waals surface area contributed by atoms with Crippen LogP contribution < -0.4 is 16.0 Å². The van der Waals surface area contributed by atoms with E-state index in [1.807, 2.05) is 28.5 Å². The van der Waals surface area contributed by atoms with Gasteiger partial charge in [0.05, 0.1) is 12.8 Å². The Labute approximate surface area is 184 Å². The Bertz CT molecular complexity index is 1110. The maximum Gasteiger partial charge on any atom is 0.446 e. The van der Waals surface area contributed by atoms with Crippen LogP contribution in [-0.2, 0) is 11.2 Å². The Morgan fingerprint density at radius 2 is 1.97 bits per heavy atom. The Kier molecular flexibility index (Phi) is 6.03. The molecule has 2 heterocycles. The van der Waals surface area contributed by atoms with E-state index in [1.165, 1.54) is 29.5 Å². The minimum absolute atomic E-state index is 0.0292. The summed E-state index contributed by atoms with van der Waals surface area (Å²) in [6.07, 6.45) is 1.31. The van der Waals surface area contributed by atoms with E-state index in [0.717, 1.165) is 16.3 Å². The summed E-state index contributed by atoms with van der Waals surface area (Å²) in [6.45, 7) is 0. The van der Waals surface area contributed by atoms with Crippen LogP contribution in [0.2, 0.25) is 0 Å². The summed E-state index contributed by atoms with van der Waals surface area (Å²) in [5.74, 6) is -0.318. The van der Waals surface area contributed by atoms with Gasteiger partial charge in [-0.05, 0) is 65.2 Å². The number of aliphatic imine (C=N–C) groups is 1. The van der Waals surface area contributed by atoms with Gasteiger partial charge in [-0.2, -0.15) is 13.2 Å². The summed E-state index contributed by atoms with van der Waals surface area (Å²) >= 11 is 1.33. The Morgan fingerprint density at radius 3 is 2.71 bits per heavy atom. The lowest BCUT2D eigenvalue weighted by Crippen LogP contribution is -2.35. The van der Waals surface area contributed by atoms with Gasteiger partial charge in [-0.1, -0.05) is 12.1 Å². The molecule has 3 aromatic rings. The zero-order chi connectivity index (χ0) is 22.0. The van der Waals surface area contributed by atoms with Crippen LogP contribution in [0.1, 0.15) is 17.3 Å². The Balaban J connectivity index is 1.38. The van der Waals surface area contributed by atoms with E-state index in [9.17, 15) is 18.0 Å². The molecule has 0 spiro atoms. The van der Waals surface area contributed by atoms with Gasteiger partial charge in [0.1, 0.15) is 11.2 Å². The Hall–Kier alpha value is -2.82. The van der Waals surface area contributed by atoms with Crippen molar-refractivity contribution in [3.63, 3.8) is 0 Å². The zero-order valence-electron chi connectivity index (χ0n) is 16.0. The minimum atomic E-state index is -4.37. The van der Waals surface area contributed by atoms with Crippen LogP contribution >= 0.6 is 23.1 Å². The van der Waals surface area contributed by atoms with Gasteiger partial charge in [-0.3, -0.25) is 4.79 Å². The average Bonchev–Trinajstić information content (AvgIpc) is 3.18. The smallest absolute Gasteiger partial charge is 0.326 e. The molecule has 5 nitrogen and oxygen atoms in total. The first-order valence-corrected chi connectivity index (χ1v) is 10.9. The molecule has 4 rings (SSSR count). The van der Waals surface area contributed by atoms with Gasteiger partial charge in [-0.25, -0.2) is 4.99 Å². The fourth-order valence-corrected chi connectivity index (χ4v) is 4.57. The van der Waals surface area contributed by atoms with Crippen molar-refractivity contribution in [1.82, 2.24) is 0 Å². The molecule has 0 fully saturated rings. The van der Waals surface area contributed by atoms with Crippen molar-refractivity contribution < 1.29 is 18.0 Å². The number of benzene rings is 2. The predicted octanol–water partition coefficient (Wildman–Crippen LogP) is 5.68. The largest absolute Gasteiger partial charge is 0.446 e. The number of hydrogen-bond donors (Lipinski definition) is 2. The molecular weight excluding hydrogens is 445 g/mol. The number of halogens is 3. The van der Waals surface area contributed by atoms with Crippen molar-refractivity contribution in [2.75, 3.05) is 10.2 Å². The molecule has 0 saturated heterocycles. The second-order valence-electron chi connectivity index (χ2n) is 6.74. The molecule has 0 aliphatic carbocycles. The number of fused-ring (bicyclic) bond motifs is 1. The molecular formula is C21H17F3N4OS2. The van der Waals surface area contributed by atoms with E-state index in [4.69, 9.17) is 5.73 Å². The summed E-state index contributed by atoms with van der Waals surface area (Å²) in [5, 5.41) is 5.60. The number of thiophene rings is 1. The molecule has 160 valence electrons. The normalized spacial score (nSPS) is 15.6. The van der Waals surface area contributed by atoms with Crippen LogP contribution in [0.4, 0.5) is 29.5 Å². The highest BCUT2D eigenvalue weighted by Gasteiger charge is 2.29. The molecule has 10 heteroatoms. The van der Waals surface area contributed by atoms with Crippen molar-refractivity contribution in [2.45, 2.75) is 23.0 Å². The number of nitrogens with zero attached hydrogens (tertiary/aromatic N) is 2. The van der Waals surface area contributed by atoms with Crippen molar-refractivity contribution in [3.05, 3.63) is 71.1 Å². The van der Waals surface area contributed by atoms with Crippen molar-refractivity contribution >= 4 is 51.7 Å². The molecule has 1 aliphatic heterocycles. The molecule has 1 aliphatic rings. The van der Waals surface area contributed by atoms with Crippen LogP contribution in [0.25, 0.3) is 0 Å². The van der Waals surface area contributed by atoms with Crippen LogP contribution in [0, 0.1) is 0 Å². The maximum absolute atomic E-state index is 12.5. The van der Waals surface area contributed by atoms with Crippen LogP contribution in [0.15, 0.2) is 69.9 Å². The quantitative estimate of drug-likeness (QED) is 0.479. The third kappa shape index (κ3) is 5.27. The van der Waals surface area contributed by atoms with Gasteiger partial charge in [0.2, 0.25) is 5.91 Å². The first-order valence-electron chi connectivity index (χ1n) is 9.18. The Morgan fingerprint density at radius 1 is 1.19 bits per heavy atom. The van der Waals surface area contributed by atoms with Crippen LogP contribution in [0.3, 0.4) is 0 Å². The number of nitrogens with two attached hydrogens (primary N) is 1. The highest BCUT2D eigenvalue weighted by Crippen LogP contribution is 2.38. The molecule has 3 N–H and O–H groups in total. The topological polar surface area (TPSA) is 70.7 Å². The van der Waals surface area contributed by atoms with E-state index in [0.29, 0.717) is 11.3 Å². The van der Waals surface area contributed by atoms with Gasteiger partial charge in [0.15, 0.2) is 0 Å². The highest BCUT2D eigenvalue weighted by molar-refractivity contribution is 8.00.